The second kappa shape index (κ2) is 20.4. The molecule has 0 spiro atoms. The van der Waals surface area contributed by atoms with Crippen molar-refractivity contribution in [2.75, 3.05) is 12.4 Å². The van der Waals surface area contributed by atoms with Gasteiger partial charge in [-0.25, -0.2) is 0 Å². The molecule has 30 heavy (non-hydrogen) atoms. The minimum atomic E-state index is 0.269. The zero-order valence-electron chi connectivity index (χ0n) is 19.6. The van der Waals surface area contributed by atoms with Crippen molar-refractivity contribution in [1.82, 2.24) is 0 Å². The van der Waals surface area contributed by atoms with Gasteiger partial charge in [-0.3, -0.25) is 0 Å². The van der Waals surface area contributed by atoms with E-state index in [-0.39, 0.29) is 5.75 Å². The third-order valence-electron chi connectivity index (χ3n) is 5.46. The highest BCUT2D eigenvalue weighted by atomic mass is 33.1. The van der Waals surface area contributed by atoms with Crippen LogP contribution in [0, 0.1) is 0 Å². The average molecular weight is 455 g/mol. The zero-order chi connectivity index (χ0) is 21.7. The van der Waals surface area contributed by atoms with Crippen LogP contribution >= 0.6 is 21.6 Å². The minimum Gasteiger partial charge on any atom is -0.508 e. The number of phenolic OH excluding ortho intramolecular Hbond substituents is 1. The van der Waals surface area contributed by atoms with Gasteiger partial charge in [0.25, 0.3) is 0 Å². The fourth-order valence-corrected chi connectivity index (χ4v) is 5.90. The number of unbranched alkanes of at least 4 members (excludes halogenated alkanes) is 15. The molecule has 0 bridgehead atoms. The Labute approximate surface area is 194 Å². The van der Waals surface area contributed by atoms with Gasteiger partial charge in [0.2, 0.25) is 0 Å². The molecule has 1 aromatic rings. The molecular formula is C26H46O2S2. The molecule has 1 aromatic carbocycles. The average Bonchev–Trinajstić information content (AvgIpc) is 2.74. The second-order valence-electron chi connectivity index (χ2n) is 8.27. The summed E-state index contributed by atoms with van der Waals surface area (Å²) >= 11 is 0. The molecule has 0 heterocycles. The molecule has 0 amide bonds. The maximum Gasteiger partial charge on any atom is 0.137 e. The van der Waals surface area contributed by atoms with E-state index in [4.69, 9.17) is 4.74 Å². The number of phenols is 1. The van der Waals surface area contributed by atoms with Gasteiger partial charge in [-0.1, -0.05) is 125 Å². The summed E-state index contributed by atoms with van der Waals surface area (Å²) in [5.74, 6) is 2.24. The van der Waals surface area contributed by atoms with Gasteiger partial charge < -0.3 is 9.84 Å². The molecule has 174 valence electrons. The van der Waals surface area contributed by atoms with Crippen LogP contribution in [0.15, 0.2) is 23.1 Å². The van der Waals surface area contributed by atoms with Crippen molar-refractivity contribution in [2.24, 2.45) is 0 Å². The molecule has 4 heteroatoms. The Morgan fingerprint density at radius 2 is 1.20 bits per heavy atom. The van der Waals surface area contributed by atoms with Crippen LogP contribution in [0.5, 0.6) is 11.5 Å². The summed E-state index contributed by atoms with van der Waals surface area (Å²) in [6.07, 6.45) is 22.7. The standard InChI is InChI=1S/C26H46O2S2/c1-3-5-6-7-8-9-10-11-12-13-14-15-16-17-18-19-22-29-30-26-21-20-24(27)23-25(26)28-4-2/h20-21,23,27H,3-19,22H2,1-2H3. The number of ether oxygens (including phenoxy) is 1. The van der Waals surface area contributed by atoms with E-state index in [0.717, 1.165) is 10.6 Å². The van der Waals surface area contributed by atoms with Crippen molar-refractivity contribution in [1.29, 1.82) is 0 Å². The van der Waals surface area contributed by atoms with Gasteiger partial charge in [0.05, 0.1) is 11.5 Å². The van der Waals surface area contributed by atoms with Crippen LogP contribution in [0.2, 0.25) is 0 Å². The maximum absolute atomic E-state index is 9.60. The topological polar surface area (TPSA) is 29.5 Å². The van der Waals surface area contributed by atoms with Crippen molar-refractivity contribution in [2.45, 2.75) is 121 Å². The van der Waals surface area contributed by atoms with Crippen LogP contribution in [-0.4, -0.2) is 17.5 Å². The van der Waals surface area contributed by atoms with Crippen molar-refractivity contribution in [3.8, 4) is 11.5 Å². The van der Waals surface area contributed by atoms with Crippen LogP contribution in [0.25, 0.3) is 0 Å². The van der Waals surface area contributed by atoms with Crippen LogP contribution in [0.3, 0.4) is 0 Å². The Kier molecular flexibility index (Phi) is 18.8. The highest BCUT2D eigenvalue weighted by Crippen LogP contribution is 2.39. The number of benzene rings is 1. The quantitative estimate of drug-likeness (QED) is 0.148. The molecule has 0 aromatic heterocycles. The first-order valence-electron chi connectivity index (χ1n) is 12.5. The Hall–Kier alpha value is -0.480. The summed E-state index contributed by atoms with van der Waals surface area (Å²) in [4.78, 5) is 1.11. The third-order valence-corrected chi connectivity index (χ3v) is 7.94. The first-order chi connectivity index (χ1) is 14.8. The van der Waals surface area contributed by atoms with Crippen LogP contribution in [0.1, 0.15) is 117 Å². The van der Waals surface area contributed by atoms with Gasteiger partial charge in [0.1, 0.15) is 11.5 Å². The Balaban J connectivity index is 1.84. The summed E-state index contributed by atoms with van der Waals surface area (Å²) in [5, 5.41) is 9.60. The van der Waals surface area contributed by atoms with E-state index in [1.165, 1.54) is 108 Å². The van der Waals surface area contributed by atoms with E-state index in [2.05, 4.69) is 6.92 Å². The summed E-state index contributed by atoms with van der Waals surface area (Å²) in [6, 6.07) is 5.40. The molecule has 0 aliphatic heterocycles. The fourth-order valence-electron chi connectivity index (χ4n) is 3.65. The van der Waals surface area contributed by atoms with Gasteiger partial charge in [-0.2, -0.15) is 0 Å². The molecule has 0 saturated carbocycles. The van der Waals surface area contributed by atoms with E-state index >= 15 is 0 Å². The lowest BCUT2D eigenvalue weighted by Crippen LogP contribution is -1.92. The summed E-state index contributed by atoms with van der Waals surface area (Å²) < 4.78 is 5.61. The lowest BCUT2D eigenvalue weighted by atomic mass is 10.0. The Morgan fingerprint density at radius 3 is 1.70 bits per heavy atom. The number of rotatable bonds is 21. The lowest BCUT2D eigenvalue weighted by Gasteiger charge is -2.09. The highest BCUT2D eigenvalue weighted by molar-refractivity contribution is 8.76. The zero-order valence-corrected chi connectivity index (χ0v) is 21.3. The van der Waals surface area contributed by atoms with Crippen LogP contribution in [-0.2, 0) is 0 Å². The molecule has 0 unspecified atom stereocenters. The molecule has 0 aliphatic rings. The minimum absolute atomic E-state index is 0.269. The van der Waals surface area contributed by atoms with Crippen LogP contribution in [0.4, 0.5) is 0 Å². The number of aromatic hydroxyl groups is 1. The maximum atomic E-state index is 9.60. The summed E-state index contributed by atoms with van der Waals surface area (Å²) in [5.41, 5.74) is 0. The van der Waals surface area contributed by atoms with Gasteiger partial charge in [-0.15, -0.1) is 0 Å². The van der Waals surface area contributed by atoms with Crippen LogP contribution < -0.4 is 4.74 Å². The smallest absolute Gasteiger partial charge is 0.137 e. The van der Waals surface area contributed by atoms with Gasteiger partial charge in [-0.05, 0) is 25.5 Å². The second-order valence-corrected chi connectivity index (χ2v) is 10.7. The number of hydrogen-bond donors (Lipinski definition) is 1. The molecule has 0 atom stereocenters. The van der Waals surface area contributed by atoms with E-state index in [1.54, 1.807) is 22.9 Å². The SMILES string of the molecule is CCCCCCCCCCCCCCCCCCSSc1ccc(O)cc1OCC. The van der Waals surface area contributed by atoms with E-state index in [0.29, 0.717) is 6.61 Å². The first-order valence-corrected chi connectivity index (χ1v) is 14.8. The number of hydrogen-bond acceptors (Lipinski definition) is 4. The summed E-state index contributed by atoms with van der Waals surface area (Å²) in [7, 11) is 3.66. The van der Waals surface area contributed by atoms with Crippen molar-refractivity contribution < 1.29 is 9.84 Å². The molecule has 2 nitrogen and oxygen atoms in total. The van der Waals surface area contributed by atoms with E-state index in [1.807, 2.05) is 23.8 Å². The van der Waals surface area contributed by atoms with Crippen molar-refractivity contribution in [3.63, 3.8) is 0 Å². The van der Waals surface area contributed by atoms with Crippen molar-refractivity contribution >= 4 is 21.6 Å². The summed E-state index contributed by atoms with van der Waals surface area (Å²) in [6.45, 7) is 4.89. The normalized spacial score (nSPS) is 11.1. The molecular weight excluding hydrogens is 408 g/mol. The highest BCUT2D eigenvalue weighted by Gasteiger charge is 2.06. The first kappa shape index (κ1) is 27.6. The molecule has 1 N–H and O–H groups in total. The largest absolute Gasteiger partial charge is 0.508 e. The molecule has 0 saturated heterocycles. The fraction of sp³-hybridized carbons (Fsp3) is 0.769. The van der Waals surface area contributed by atoms with E-state index in [9.17, 15) is 5.11 Å². The Morgan fingerprint density at radius 1 is 0.700 bits per heavy atom. The molecule has 0 aliphatic carbocycles. The van der Waals surface area contributed by atoms with E-state index < -0.39 is 0 Å². The molecule has 1 rings (SSSR count). The van der Waals surface area contributed by atoms with Gasteiger partial charge >= 0.3 is 0 Å². The molecule has 0 radical (unpaired) electrons. The Bertz CT molecular complexity index is 508. The van der Waals surface area contributed by atoms with Gasteiger partial charge in [0, 0.05) is 11.8 Å². The predicted molar refractivity (Wildman–Crippen MR) is 137 cm³/mol. The monoisotopic (exact) mass is 454 g/mol. The van der Waals surface area contributed by atoms with Crippen molar-refractivity contribution in [3.05, 3.63) is 18.2 Å². The third kappa shape index (κ3) is 15.3. The predicted octanol–water partition coefficient (Wildman–Crippen LogP) is 9.79. The van der Waals surface area contributed by atoms with Gasteiger partial charge in [0.15, 0.2) is 0 Å². The molecule has 0 fully saturated rings. The lowest BCUT2D eigenvalue weighted by molar-refractivity contribution is 0.330.